The summed E-state index contributed by atoms with van der Waals surface area (Å²) in [5, 5.41) is 5.31. The van der Waals surface area contributed by atoms with Crippen molar-refractivity contribution < 1.29 is 23.5 Å². The summed E-state index contributed by atoms with van der Waals surface area (Å²) in [4.78, 5) is 31.1. The second kappa shape index (κ2) is 12.9. The van der Waals surface area contributed by atoms with Gasteiger partial charge >= 0.3 is 6.03 Å². The zero-order valence-corrected chi connectivity index (χ0v) is 22.1. The number of ether oxygens (including phenoxy) is 2. The van der Waals surface area contributed by atoms with E-state index in [9.17, 15) is 14.0 Å². The number of nitrogens with one attached hydrogen (secondary N) is 1. The van der Waals surface area contributed by atoms with Gasteiger partial charge in [-0.2, -0.15) is 0 Å². The highest BCUT2D eigenvalue weighted by molar-refractivity contribution is 7.10. The lowest BCUT2D eigenvalue weighted by molar-refractivity contribution is -0.135. The number of fused-ring (bicyclic) bond motifs is 1. The molecule has 1 atom stereocenters. The molecule has 0 aliphatic carbocycles. The number of methoxy groups -OCH3 is 1. The van der Waals surface area contributed by atoms with Gasteiger partial charge in [-0.1, -0.05) is 29.8 Å². The summed E-state index contributed by atoms with van der Waals surface area (Å²) in [7, 11) is 1.59. The maximum atomic E-state index is 14.2. The minimum absolute atomic E-state index is 0.106. The molecule has 0 saturated heterocycles. The van der Waals surface area contributed by atoms with Crippen LogP contribution in [0, 0.1) is 5.82 Å². The summed E-state index contributed by atoms with van der Waals surface area (Å²) in [6.45, 7) is 1.26. The second-order valence-electron chi connectivity index (χ2n) is 8.60. The number of para-hydroxylation sites is 1. The zero-order valence-electron chi connectivity index (χ0n) is 20.5. The number of amides is 3. The largest absolute Gasteiger partial charge is 0.488 e. The van der Waals surface area contributed by atoms with E-state index in [0.717, 1.165) is 5.56 Å². The van der Waals surface area contributed by atoms with E-state index in [2.05, 4.69) is 5.32 Å². The number of benzene rings is 2. The number of nitrogens with zero attached hydrogens (tertiary/aromatic N) is 2. The van der Waals surface area contributed by atoms with E-state index in [1.165, 1.54) is 15.8 Å². The average Bonchev–Trinajstić information content (AvgIpc) is 3.37. The Morgan fingerprint density at radius 2 is 2.05 bits per heavy atom. The van der Waals surface area contributed by atoms with Gasteiger partial charge in [-0.25, -0.2) is 9.18 Å². The van der Waals surface area contributed by atoms with Crippen molar-refractivity contribution in [3.05, 3.63) is 81.3 Å². The fourth-order valence-electron chi connectivity index (χ4n) is 4.28. The molecular formula is C27H29ClFN3O4S. The SMILES string of the molecule is COCCCN(CC(=O)N1CCc2sccc2[C@H]1COc1ccccc1F)C(=O)Nc1cccc(Cl)c1. The maximum absolute atomic E-state index is 14.2. The van der Waals surface area contributed by atoms with Gasteiger partial charge in [-0.05, 0) is 60.2 Å². The second-order valence-corrected chi connectivity index (χ2v) is 10.0. The Hall–Kier alpha value is -3.14. The molecule has 1 N–H and O–H groups in total. The van der Waals surface area contributed by atoms with Crippen molar-refractivity contribution in [1.29, 1.82) is 0 Å². The van der Waals surface area contributed by atoms with Crippen LogP contribution in [0.2, 0.25) is 5.02 Å². The van der Waals surface area contributed by atoms with Crippen LogP contribution in [-0.2, 0) is 16.0 Å². The number of hydrogen-bond acceptors (Lipinski definition) is 5. The van der Waals surface area contributed by atoms with Crippen LogP contribution in [0.3, 0.4) is 0 Å². The van der Waals surface area contributed by atoms with E-state index in [4.69, 9.17) is 21.1 Å². The molecule has 0 saturated carbocycles. The fourth-order valence-corrected chi connectivity index (χ4v) is 5.40. The third kappa shape index (κ3) is 7.00. The molecule has 0 spiro atoms. The molecule has 1 aliphatic rings. The maximum Gasteiger partial charge on any atom is 0.322 e. The standard InChI is InChI=1S/C27H29ClFN3O4S/c1-35-14-5-12-31(27(34)30-20-7-4-6-19(28)16-20)17-26(33)32-13-10-25-21(11-15-37-25)23(32)18-36-24-9-3-2-8-22(24)29/h2-4,6-9,11,15-16,23H,5,10,12-14,17-18H2,1H3,(H,30,34)/t23-/m1/s1. The number of carbonyl (C=O) groups excluding carboxylic acids is 2. The van der Waals surface area contributed by atoms with Crippen LogP contribution in [-0.4, -0.2) is 61.7 Å². The van der Waals surface area contributed by atoms with E-state index in [-0.39, 0.29) is 30.9 Å². The highest BCUT2D eigenvalue weighted by atomic mass is 35.5. The molecule has 2 aromatic carbocycles. The lowest BCUT2D eigenvalue weighted by Gasteiger charge is -2.37. The molecule has 0 radical (unpaired) electrons. The number of halogens is 2. The predicted octanol–water partition coefficient (Wildman–Crippen LogP) is 5.62. The molecule has 0 unspecified atom stereocenters. The van der Waals surface area contributed by atoms with E-state index in [1.54, 1.807) is 65.8 Å². The summed E-state index contributed by atoms with van der Waals surface area (Å²) >= 11 is 7.69. The first kappa shape index (κ1) is 26.9. The fraction of sp³-hybridized carbons (Fsp3) is 0.333. The minimum Gasteiger partial charge on any atom is -0.488 e. The Kier molecular flexibility index (Phi) is 9.38. The van der Waals surface area contributed by atoms with Crippen molar-refractivity contribution in [3.63, 3.8) is 0 Å². The number of anilines is 1. The van der Waals surface area contributed by atoms with E-state index < -0.39 is 11.8 Å². The quantitative estimate of drug-likeness (QED) is 0.336. The molecular weight excluding hydrogens is 517 g/mol. The number of hydrogen-bond donors (Lipinski definition) is 1. The van der Waals surface area contributed by atoms with E-state index in [0.29, 0.717) is 43.2 Å². The van der Waals surface area contributed by atoms with Crippen molar-refractivity contribution in [2.75, 3.05) is 45.3 Å². The van der Waals surface area contributed by atoms with Gasteiger partial charge in [0.05, 0.1) is 6.04 Å². The van der Waals surface area contributed by atoms with Crippen LogP contribution >= 0.6 is 22.9 Å². The third-order valence-electron chi connectivity index (χ3n) is 6.11. The normalized spacial score (nSPS) is 14.7. The van der Waals surface area contributed by atoms with Crippen LogP contribution in [0.1, 0.15) is 22.9 Å². The molecule has 4 rings (SSSR count). The molecule has 7 nitrogen and oxygen atoms in total. The van der Waals surface area contributed by atoms with Crippen LogP contribution < -0.4 is 10.1 Å². The first-order chi connectivity index (χ1) is 18.0. The molecule has 37 heavy (non-hydrogen) atoms. The molecule has 3 amide bonds. The van der Waals surface area contributed by atoms with Crippen molar-refractivity contribution >= 4 is 40.6 Å². The molecule has 1 aliphatic heterocycles. The highest BCUT2D eigenvalue weighted by Crippen LogP contribution is 2.34. The van der Waals surface area contributed by atoms with Crippen LogP contribution in [0.15, 0.2) is 60.0 Å². The van der Waals surface area contributed by atoms with Crippen molar-refractivity contribution in [1.82, 2.24) is 9.80 Å². The summed E-state index contributed by atoms with van der Waals surface area (Å²) < 4.78 is 25.1. The summed E-state index contributed by atoms with van der Waals surface area (Å²) in [6.07, 6.45) is 1.29. The monoisotopic (exact) mass is 545 g/mol. The number of urea groups is 1. The lowest BCUT2D eigenvalue weighted by Crippen LogP contribution is -2.49. The summed E-state index contributed by atoms with van der Waals surface area (Å²) in [6, 6.07) is 14.2. The van der Waals surface area contributed by atoms with E-state index >= 15 is 0 Å². The Balaban J connectivity index is 1.49. The first-order valence-electron chi connectivity index (χ1n) is 12.0. The molecule has 0 bridgehead atoms. The molecule has 1 aromatic heterocycles. The molecule has 2 heterocycles. The van der Waals surface area contributed by atoms with Gasteiger partial charge in [0, 0.05) is 42.4 Å². The van der Waals surface area contributed by atoms with Crippen molar-refractivity contribution in [2.45, 2.75) is 18.9 Å². The Labute approximate surface area is 224 Å². The molecule has 10 heteroatoms. The van der Waals surface area contributed by atoms with E-state index in [1.807, 2.05) is 11.4 Å². The number of thiophene rings is 1. The lowest BCUT2D eigenvalue weighted by atomic mass is 10.0. The number of rotatable bonds is 10. The van der Waals surface area contributed by atoms with Gasteiger partial charge in [0.2, 0.25) is 5.91 Å². The Bertz CT molecular complexity index is 1220. The van der Waals surface area contributed by atoms with Gasteiger partial charge in [0.15, 0.2) is 11.6 Å². The molecule has 196 valence electrons. The summed E-state index contributed by atoms with van der Waals surface area (Å²) in [5.41, 5.74) is 1.54. The molecule has 0 fully saturated rings. The predicted molar refractivity (Wildman–Crippen MR) is 143 cm³/mol. The van der Waals surface area contributed by atoms with Crippen molar-refractivity contribution in [3.8, 4) is 5.75 Å². The van der Waals surface area contributed by atoms with Crippen LogP contribution in [0.5, 0.6) is 5.75 Å². The van der Waals surface area contributed by atoms with Gasteiger partial charge in [0.25, 0.3) is 0 Å². The average molecular weight is 546 g/mol. The third-order valence-corrected chi connectivity index (χ3v) is 7.35. The Morgan fingerprint density at radius 3 is 2.84 bits per heavy atom. The van der Waals surface area contributed by atoms with Gasteiger partial charge in [-0.3, -0.25) is 4.79 Å². The smallest absolute Gasteiger partial charge is 0.322 e. The topological polar surface area (TPSA) is 71.1 Å². The van der Waals surface area contributed by atoms with Gasteiger partial charge < -0.3 is 24.6 Å². The van der Waals surface area contributed by atoms with Gasteiger partial charge in [0.1, 0.15) is 13.2 Å². The minimum atomic E-state index is -0.455. The number of carbonyl (C=O) groups is 2. The highest BCUT2D eigenvalue weighted by Gasteiger charge is 2.33. The van der Waals surface area contributed by atoms with Gasteiger partial charge in [-0.15, -0.1) is 11.3 Å². The van der Waals surface area contributed by atoms with Crippen LogP contribution in [0.4, 0.5) is 14.9 Å². The Morgan fingerprint density at radius 1 is 1.22 bits per heavy atom. The summed E-state index contributed by atoms with van der Waals surface area (Å²) in [5.74, 6) is -0.527. The zero-order chi connectivity index (χ0) is 26.2. The first-order valence-corrected chi connectivity index (χ1v) is 13.3. The van der Waals surface area contributed by atoms with Crippen molar-refractivity contribution in [2.24, 2.45) is 0 Å². The molecule has 3 aromatic rings. The van der Waals surface area contributed by atoms with Crippen LogP contribution in [0.25, 0.3) is 0 Å².